The van der Waals surface area contributed by atoms with Crippen LogP contribution in [0, 0.1) is 0 Å². The number of hydrogen-bond acceptors (Lipinski definition) is 4. The van der Waals surface area contributed by atoms with Crippen LogP contribution in [0.2, 0.25) is 0 Å². The van der Waals surface area contributed by atoms with Gasteiger partial charge in [-0.1, -0.05) is 11.2 Å². The molecule has 0 unspecified atom stereocenters. The standard InChI is InChI=1S/C9H14N2O3/c1-2-14-9(12)11-5-3-4-8(7-11)6-10-13/h4,6,13H,2-3,5,7H2,1H3. The number of oxime groups is 1. The van der Waals surface area contributed by atoms with Gasteiger partial charge in [-0.25, -0.2) is 4.79 Å². The Hall–Kier alpha value is -1.52. The van der Waals surface area contributed by atoms with Crippen molar-refractivity contribution in [2.75, 3.05) is 19.7 Å². The molecular weight excluding hydrogens is 184 g/mol. The van der Waals surface area contributed by atoms with Crippen LogP contribution in [0.4, 0.5) is 4.79 Å². The van der Waals surface area contributed by atoms with Crippen LogP contribution in [-0.2, 0) is 4.74 Å². The van der Waals surface area contributed by atoms with E-state index in [0.717, 1.165) is 12.0 Å². The Balaban J connectivity index is 2.52. The summed E-state index contributed by atoms with van der Waals surface area (Å²) in [5.41, 5.74) is 0.826. The summed E-state index contributed by atoms with van der Waals surface area (Å²) in [6.07, 6.45) is 3.73. The molecule has 78 valence electrons. The third-order valence-electron chi connectivity index (χ3n) is 1.93. The van der Waals surface area contributed by atoms with Gasteiger partial charge in [-0.3, -0.25) is 0 Å². The minimum Gasteiger partial charge on any atom is -0.450 e. The number of rotatable bonds is 2. The monoisotopic (exact) mass is 198 g/mol. The predicted octanol–water partition coefficient (Wildman–Crippen LogP) is 1.24. The predicted molar refractivity (Wildman–Crippen MR) is 51.6 cm³/mol. The summed E-state index contributed by atoms with van der Waals surface area (Å²) < 4.78 is 4.86. The third kappa shape index (κ3) is 2.76. The van der Waals surface area contributed by atoms with Crippen molar-refractivity contribution in [1.29, 1.82) is 0 Å². The lowest BCUT2D eigenvalue weighted by Gasteiger charge is -2.24. The van der Waals surface area contributed by atoms with Crippen molar-refractivity contribution < 1.29 is 14.7 Å². The van der Waals surface area contributed by atoms with E-state index >= 15 is 0 Å². The highest BCUT2D eigenvalue weighted by molar-refractivity contribution is 5.80. The summed E-state index contributed by atoms with van der Waals surface area (Å²) in [6, 6.07) is 0. The van der Waals surface area contributed by atoms with Gasteiger partial charge in [0, 0.05) is 6.54 Å². The SMILES string of the molecule is CCOC(=O)N1CCC=C(C=NO)C1. The van der Waals surface area contributed by atoms with Crippen molar-refractivity contribution in [1.82, 2.24) is 4.90 Å². The van der Waals surface area contributed by atoms with Crippen LogP contribution in [0.15, 0.2) is 16.8 Å². The number of nitrogens with zero attached hydrogens (tertiary/aromatic N) is 2. The van der Waals surface area contributed by atoms with Crippen molar-refractivity contribution in [3.05, 3.63) is 11.6 Å². The van der Waals surface area contributed by atoms with Crippen LogP contribution in [0.25, 0.3) is 0 Å². The van der Waals surface area contributed by atoms with E-state index in [1.54, 1.807) is 11.8 Å². The molecule has 5 nitrogen and oxygen atoms in total. The Labute approximate surface area is 82.6 Å². The molecule has 0 atom stereocenters. The first-order chi connectivity index (χ1) is 6.77. The summed E-state index contributed by atoms with van der Waals surface area (Å²) >= 11 is 0. The summed E-state index contributed by atoms with van der Waals surface area (Å²) in [4.78, 5) is 12.9. The molecule has 0 spiro atoms. The minimum absolute atomic E-state index is 0.315. The van der Waals surface area contributed by atoms with Crippen LogP contribution in [0.1, 0.15) is 13.3 Å². The van der Waals surface area contributed by atoms with Crippen molar-refractivity contribution in [3.8, 4) is 0 Å². The fourth-order valence-corrected chi connectivity index (χ4v) is 1.31. The molecule has 1 rings (SSSR count). The van der Waals surface area contributed by atoms with E-state index in [-0.39, 0.29) is 6.09 Å². The molecule has 1 amide bonds. The van der Waals surface area contributed by atoms with Crippen molar-refractivity contribution in [2.24, 2.45) is 5.16 Å². The maximum atomic E-state index is 11.3. The smallest absolute Gasteiger partial charge is 0.410 e. The molecule has 1 aliphatic rings. The zero-order valence-electron chi connectivity index (χ0n) is 8.14. The van der Waals surface area contributed by atoms with Gasteiger partial charge in [0.05, 0.1) is 19.4 Å². The molecule has 0 aliphatic carbocycles. The molecule has 0 bridgehead atoms. The lowest BCUT2D eigenvalue weighted by Crippen LogP contribution is -2.36. The Morgan fingerprint density at radius 2 is 2.64 bits per heavy atom. The van der Waals surface area contributed by atoms with E-state index in [9.17, 15) is 4.79 Å². The first-order valence-electron chi connectivity index (χ1n) is 4.56. The second-order valence-corrected chi connectivity index (χ2v) is 2.93. The molecule has 5 heteroatoms. The molecule has 0 aromatic heterocycles. The first-order valence-corrected chi connectivity index (χ1v) is 4.56. The molecule has 0 fully saturated rings. The van der Waals surface area contributed by atoms with Crippen LogP contribution in [0.3, 0.4) is 0 Å². The van der Waals surface area contributed by atoms with Gasteiger partial charge >= 0.3 is 6.09 Å². The summed E-state index contributed by atoms with van der Waals surface area (Å²) in [6.45, 7) is 3.25. The van der Waals surface area contributed by atoms with Gasteiger partial charge < -0.3 is 14.8 Å². The molecule has 1 N–H and O–H groups in total. The number of ether oxygens (including phenoxy) is 1. The van der Waals surface area contributed by atoms with E-state index in [1.165, 1.54) is 6.21 Å². The topological polar surface area (TPSA) is 62.1 Å². The fraction of sp³-hybridized carbons (Fsp3) is 0.556. The van der Waals surface area contributed by atoms with Gasteiger partial charge in [-0.05, 0) is 18.9 Å². The Morgan fingerprint density at radius 3 is 3.29 bits per heavy atom. The van der Waals surface area contributed by atoms with Gasteiger partial charge in [0.2, 0.25) is 0 Å². The largest absolute Gasteiger partial charge is 0.450 e. The zero-order chi connectivity index (χ0) is 10.4. The Kier molecular flexibility index (Phi) is 3.97. The summed E-state index contributed by atoms with van der Waals surface area (Å²) in [5, 5.41) is 11.3. The molecule has 0 aromatic carbocycles. The van der Waals surface area contributed by atoms with Crippen molar-refractivity contribution in [3.63, 3.8) is 0 Å². The molecule has 14 heavy (non-hydrogen) atoms. The molecular formula is C9H14N2O3. The molecule has 1 heterocycles. The van der Waals surface area contributed by atoms with E-state index in [4.69, 9.17) is 9.94 Å². The van der Waals surface area contributed by atoms with Gasteiger partial charge in [0.1, 0.15) is 0 Å². The molecule has 0 saturated carbocycles. The number of hydrogen-bond donors (Lipinski definition) is 1. The third-order valence-corrected chi connectivity index (χ3v) is 1.93. The average Bonchev–Trinajstić information content (AvgIpc) is 2.19. The minimum atomic E-state index is -0.315. The second-order valence-electron chi connectivity index (χ2n) is 2.93. The lowest BCUT2D eigenvalue weighted by molar-refractivity contribution is 0.110. The second kappa shape index (κ2) is 5.26. The van der Waals surface area contributed by atoms with Crippen LogP contribution in [-0.4, -0.2) is 42.1 Å². The van der Waals surface area contributed by atoms with E-state index in [0.29, 0.717) is 19.7 Å². The number of carbonyl (C=O) groups is 1. The van der Waals surface area contributed by atoms with Gasteiger partial charge in [-0.2, -0.15) is 0 Å². The maximum absolute atomic E-state index is 11.3. The van der Waals surface area contributed by atoms with Gasteiger partial charge in [0.25, 0.3) is 0 Å². The highest BCUT2D eigenvalue weighted by atomic mass is 16.6. The summed E-state index contributed by atoms with van der Waals surface area (Å²) in [5.74, 6) is 0. The normalized spacial score (nSPS) is 16.9. The Morgan fingerprint density at radius 1 is 1.86 bits per heavy atom. The Bertz CT molecular complexity index is 261. The van der Waals surface area contributed by atoms with Crippen molar-refractivity contribution >= 4 is 12.3 Å². The molecule has 0 saturated heterocycles. The van der Waals surface area contributed by atoms with E-state index in [2.05, 4.69) is 5.16 Å². The maximum Gasteiger partial charge on any atom is 0.410 e. The highest BCUT2D eigenvalue weighted by Crippen LogP contribution is 2.09. The van der Waals surface area contributed by atoms with Crippen LogP contribution >= 0.6 is 0 Å². The van der Waals surface area contributed by atoms with Crippen LogP contribution in [0.5, 0.6) is 0 Å². The fourth-order valence-electron chi connectivity index (χ4n) is 1.31. The van der Waals surface area contributed by atoms with Gasteiger partial charge in [-0.15, -0.1) is 0 Å². The van der Waals surface area contributed by atoms with Gasteiger partial charge in [0.15, 0.2) is 0 Å². The van der Waals surface area contributed by atoms with Crippen molar-refractivity contribution in [2.45, 2.75) is 13.3 Å². The van der Waals surface area contributed by atoms with E-state index in [1.807, 2.05) is 6.08 Å². The number of carbonyl (C=O) groups excluding carboxylic acids is 1. The van der Waals surface area contributed by atoms with Crippen LogP contribution < -0.4 is 0 Å². The quantitative estimate of drug-likeness (QED) is 0.412. The highest BCUT2D eigenvalue weighted by Gasteiger charge is 2.17. The zero-order valence-corrected chi connectivity index (χ0v) is 8.14. The lowest BCUT2D eigenvalue weighted by atomic mass is 10.1. The molecule has 0 radical (unpaired) electrons. The molecule has 0 aromatic rings. The first kappa shape index (κ1) is 10.6. The average molecular weight is 198 g/mol. The summed E-state index contributed by atoms with van der Waals surface area (Å²) in [7, 11) is 0. The number of amides is 1. The molecule has 1 aliphatic heterocycles. The van der Waals surface area contributed by atoms with E-state index < -0.39 is 0 Å².